The molecule has 1 atom stereocenters. The molecule has 1 aromatic heterocycles. The summed E-state index contributed by atoms with van der Waals surface area (Å²) in [6.45, 7) is 6.01. The van der Waals surface area contributed by atoms with Gasteiger partial charge >= 0.3 is 0 Å². The molecular weight excluding hydrogens is 282 g/mol. The molecule has 2 rings (SSSR count). The van der Waals surface area contributed by atoms with E-state index >= 15 is 0 Å². The Morgan fingerprint density at radius 1 is 1.29 bits per heavy atom. The van der Waals surface area contributed by atoms with Crippen molar-refractivity contribution in [3.63, 3.8) is 0 Å². The maximum absolute atomic E-state index is 6.09. The fourth-order valence-electron chi connectivity index (χ4n) is 2.25. The Balaban J connectivity index is 2.17. The van der Waals surface area contributed by atoms with Gasteiger partial charge in [0.25, 0.3) is 0 Å². The van der Waals surface area contributed by atoms with Gasteiger partial charge in [-0.05, 0) is 43.3 Å². The van der Waals surface area contributed by atoms with Crippen molar-refractivity contribution in [2.24, 2.45) is 0 Å². The lowest BCUT2D eigenvalue weighted by Gasteiger charge is -2.27. The molecule has 0 aliphatic rings. The van der Waals surface area contributed by atoms with E-state index in [4.69, 9.17) is 11.6 Å². The van der Waals surface area contributed by atoms with Crippen LogP contribution in [0.2, 0.25) is 5.02 Å². The summed E-state index contributed by atoms with van der Waals surface area (Å²) in [5.41, 5.74) is 3.42. The van der Waals surface area contributed by atoms with Crippen molar-refractivity contribution in [3.05, 3.63) is 58.9 Å². The third kappa shape index (κ3) is 4.19. The Hall–Kier alpha value is -1.58. The van der Waals surface area contributed by atoms with Gasteiger partial charge in [0.1, 0.15) is 0 Å². The van der Waals surface area contributed by atoms with E-state index in [1.807, 2.05) is 30.5 Å². The number of pyridine rings is 1. The number of nitrogens with one attached hydrogen (secondary N) is 1. The second kappa shape index (κ2) is 7.43. The van der Waals surface area contributed by atoms with Crippen LogP contribution in [-0.2, 0) is 6.54 Å². The molecule has 0 radical (unpaired) electrons. The first-order valence-electron chi connectivity index (χ1n) is 7.25. The third-order valence-corrected chi connectivity index (χ3v) is 3.91. The molecule has 3 nitrogen and oxygen atoms in total. The molecule has 0 saturated heterocycles. The highest BCUT2D eigenvalue weighted by Gasteiger charge is 2.13. The number of anilines is 1. The van der Waals surface area contributed by atoms with Crippen LogP contribution < -0.4 is 10.2 Å². The molecule has 0 spiro atoms. The lowest BCUT2D eigenvalue weighted by Crippen LogP contribution is -2.22. The summed E-state index contributed by atoms with van der Waals surface area (Å²) in [5, 5.41) is 4.07. The molecule has 0 amide bonds. The van der Waals surface area contributed by atoms with Gasteiger partial charge in [0.2, 0.25) is 0 Å². The van der Waals surface area contributed by atoms with Crippen LogP contribution in [0, 0.1) is 0 Å². The molecule has 0 bridgehead atoms. The Kier molecular flexibility index (Phi) is 5.59. The average molecular weight is 304 g/mol. The molecular formula is C17H22ClN3. The van der Waals surface area contributed by atoms with Gasteiger partial charge in [0.15, 0.2) is 0 Å². The van der Waals surface area contributed by atoms with Crippen molar-refractivity contribution >= 4 is 17.3 Å². The largest absolute Gasteiger partial charge is 0.368 e. The van der Waals surface area contributed by atoms with Crippen LogP contribution in [0.3, 0.4) is 0 Å². The van der Waals surface area contributed by atoms with E-state index in [0.29, 0.717) is 0 Å². The summed E-state index contributed by atoms with van der Waals surface area (Å²) in [7, 11) is 2.10. The van der Waals surface area contributed by atoms with Gasteiger partial charge in [0, 0.05) is 30.5 Å². The summed E-state index contributed by atoms with van der Waals surface area (Å²) >= 11 is 6.09. The maximum atomic E-state index is 6.09. The van der Waals surface area contributed by atoms with Crippen LogP contribution in [0.25, 0.3) is 0 Å². The first-order chi connectivity index (χ1) is 10.1. The van der Waals surface area contributed by atoms with E-state index in [9.17, 15) is 0 Å². The highest BCUT2D eigenvalue weighted by Crippen LogP contribution is 2.26. The minimum atomic E-state index is 0.248. The molecule has 4 heteroatoms. The molecule has 112 valence electrons. The van der Waals surface area contributed by atoms with Crippen molar-refractivity contribution in [2.45, 2.75) is 26.4 Å². The Labute approximate surface area is 132 Å². The number of rotatable bonds is 6. The standard InChI is InChI=1S/C17H22ClN3/c1-4-19-12-16-11-17(8-9-20-16)21(3)13(2)14-6-5-7-15(18)10-14/h5-11,13,19H,4,12H2,1-3H3. The predicted molar refractivity (Wildman–Crippen MR) is 89.9 cm³/mol. The molecule has 1 heterocycles. The van der Waals surface area contributed by atoms with Gasteiger partial charge in [-0.3, -0.25) is 4.98 Å². The normalized spacial score (nSPS) is 12.2. The summed E-state index contributed by atoms with van der Waals surface area (Å²) in [6.07, 6.45) is 1.86. The molecule has 0 aliphatic heterocycles. The minimum absolute atomic E-state index is 0.248. The van der Waals surface area contributed by atoms with Crippen molar-refractivity contribution < 1.29 is 0 Å². The molecule has 1 aromatic carbocycles. The first-order valence-corrected chi connectivity index (χ1v) is 7.63. The smallest absolute Gasteiger partial charge is 0.0562 e. The maximum Gasteiger partial charge on any atom is 0.0562 e. The van der Waals surface area contributed by atoms with Gasteiger partial charge in [0.05, 0.1) is 11.7 Å². The van der Waals surface area contributed by atoms with Gasteiger partial charge in [-0.15, -0.1) is 0 Å². The molecule has 0 fully saturated rings. The number of aromatic nitrogens is 1. The number of nitrogens with zero attached hydrogens (tertiary/aromatic N) is 2. The van der Waals surface area contributed by atoms with E-state index in [0.717, 1.165) is 29.5 Å². The summed E-state index contributed by atoms with van der Waals surface area (Å²) in [5.74, 6) is 0. The van der Waals surface area contributed by atoms with Crippen molar-refractivity contribution in [2.75, 3.05) is 18.5 Å². The molecule has 1 N–H and O–H groups in total. The van der Waals surface area contributed by atoms with Crippen LogP contribution in [0.15, 0.2) is 42.6 Å². The lowest BCUT2D eigenvalue weighted by atomic mass is 10.1. The zero-order valence-corrected chi connectivity index (χ0v) is 13.6. The Morgan fingerprint density at radius 2 is 2.10 bits per heavy atom. The van der Waals surface area contributed by atoms with Gasteiger partial charge in [-0.2, -0.15) is 0 Å². The van der Waals surface area contributed by atoms with Crippen LogP contribution in [0.4, 0.5) is 5.69 Å². The molecule has 21 heavy (non-hydrogen) atoms. The van der Waals surface area contributed by atoms with E-state index < -0.39 is 0 Å². The summed E-state index contributed by atoms with van der Waals surface area (Å²) in [4.78, 5) is 6.63. The monoisotopic (exact) mass is 303 g/mol. The SMILES string of the molecule is CCNCc1cc(N(C)C(C)c2cccc(Cl)c2)ccn1. The number of halogens is 1. The second-order valence-corrected chi connectivity index (χ2v) is 5.56. The van der Waals surface area contributed by atoms with E-state index in [2.05, 4.69) is 48.2 Å². The molecule has 0 aliphatic carbocycles. The van der Waals surface area contributed by atoms with Crippen LogP contribution in [0.1, 0.15) is 31.1 Å². The van der Waals surface area contributed by atoms with Crippen LogP contribution >= 0.6 is 11.6 Å². The number of benzene rings is 1. The van der Waals surface area contributed by atoms with Crippen LogP contribution in [0.5, 0.6) is 0 Å². The van der Waals surface area contributed by atoms with Crippen molar-refractivity contribution in [1.82, 2.24) is 10.3 Å². The summed E-state index contributed by atoms with van der Waals surface area (Å²) < 4.78 is 0. The number of hydrogen-bond acceptors (Lipinski definition) is 3. The molecule has 2 aromatic rings. The topological polar surface area (TPSA) is 28.2 Å². The Morgan fingerprint density at radius 3 is 2.81 bits per heavy atom. The van der Waals surface area contributed by atoms with E-state index in [-0.39, 0.29) is 6.04 Å². The van der Waals surface area contributed by atoms with E-state index in [1.54, 1.807) is 0 Å². The quantitative estimate of drug-likeness (QED) is 0.873. The fourth-order valence-corrected chi connectivity index (χ4v) is 2.45. The highest BCUT2D eigenvalue weighted by atomic mass is 35.5. The zero-order valence-electron chi connectivity index (χ0n) is 12.8. The highest BCUT2D eigenvalue weighted by molar-refractivity contribution is 6.30. The Bertz CT molecular complexity index is 586. The average Bonchev–Trinajstić information content (AvgIpc) is 2.51. The van der Waals surface area contributed by atoms with Gasteiger partial charge in [-0.1, -0.05) is 30.7 Å². The minimum Gasteiger partial charge on any atom is -0.368 e. The third-order valence-electron chi connectivity index (χ3n) is 3.68. The summed E-state index contributed by atoms with van der Waals surface area (Å²) in [6, 6.07) is 12.4. The van der Waals surface area contributed by atoms with E-state index in [1.165, 1.54) is 5.56 Å². The van der Waals surface area contributed by atoms with Crippen molar-refractivity contribution in [3.8, 4) is 0 Å². The second-order valence-electron chi connectivity index (χ2n) is 5.13. The van der Waals surface area contributed by atoms with Crippen LogP contribution in [-0.4, -0.2) is 18.6 Å². The van der Waals surface area contributed by atoms with Crippen molar-refractivity contribution in [1.29, 1.82) is 0 Å². The first kappa shape index (κ1) is 15.8. The predicted octanol–water partition coefficient (Wildman–Crippen LogP) is 4.04. The van der Waals surface area contributed by atoms with Gasteiger partial charge < -0.3 is 10.2 Å². The lowest BCUT2D eigenvalue weighted by molar-refractivity contribution is 0.705. The molecule has 1 unspecified atom stereocenters. The van der Waals surface area contributed by atoms with Gasteiger partial charge in [-0.25, -0.2) is 0 Å². The fraction of sp³-hybridized carbons (Fsp3) is 0.353. The number of hydrogen-bond donors (Lipinski definition) is 1. The molecule has 0 saturated carbocycles. The zero-order chi connectivity index (χ0) is 15.2.